The van der Waals surface area contributed by atoms with Gasteiger partial charge < -0.3 is 24.5 Å². The second-order valence-corrected chi connectivity index (χ2v) is 4.28. The zero-order valence-corrected chi connectivity index (χ0v) is 10.0. The zero-order chi connectivity index (χ0) is 14.0. The van der Waals surface area contributed by atoms with E-state index in [2.05, 4.69) is 0 Å². The van der Waals surface area contributed by atoms with Gasteiger partial charge in [0.15, 0.2) is 0 Å². The van der Waals surface area contributed by atoms with Crippen molar-refractivity contribution < 1.29 is 33.7 Å². The molecule has 1 aliphatic rings. The van der Waals surface area contributed by atoms with E-state index in [9.17, 15) is 24.3 Å². The minimum Gasteiger partial charge on any atom is -0.669 e. The largest absolute Gasteiger partial charge is 0.669 e. The van der Waals surface area contributed by atoms with Gasteiger partial charge in [-0.15, -0.1) is 0 Å². The van der Waals surface area contributed by atoms with Crippen molar-refractivity contribution in [1.82, 2.24) is 0 Å². The van der Waals surface area contributed by atoms with E-state index in [4.69, 9.17) is 9.39 Å². The first-order valence-electron chi connectivity index (χ1n) is 5.82. The van der Waals surface area contributed by atoms with Gasteiger partial charge in [0.05, 0.1) is 5.75 Å². The van der Waals surface area contributed by atoms with Crippen LogP contribution >= 0.6 is 0 Å². The van der Waals surface area contributed by atoms with Gasteiger partial charge in [-0.1, -0.05) is 12.4 Å². The number of aromatic carboxylic acids is 1. The van der Waals surface area contributed by atoms with Gasteiger partial charge in [-0.3, -0.25) is 0 Å². The van der Waals surface area contributed by atoms with Crippen molar-refractivity contribution in [3.8, 4) is 11.5 Å². The number of alkyl halides is 1. The molecule has 0 atom stereocenters. The predicted molar refractivity (Wildman–Crippen MR) is 64.2 cm³/mol. The molecule has 104 valence electrons. The Morgan fingerprint density at radius 1 is 1.47 bits per heavy atom. The Labute approximate surface area is 108 Å². The quantitative estimate of drug-likeness (QED) is 0.693. The number of carboxylic acids is 1. The predicted octanol–water partition coefficient (Wildman–Crippen LogP) is 0.592. The molecule has 0 spiro atoms. The molecule has 0 radical (unpaired) electrons. The summed E-state index contributed by atoms with van der Waals surface area (Å²) in [4.78, 5) is 11.3. The molecule has 1 aromatic rings. The Kier molecular flexibility index (Phi) is 3.63. The zero-order valence-electron chi connectivity index (χ0n) is 10.0. The van der Waals surface area contributed by atoms with E-state index in [1.54, 1.807) is 6.07 Å². The first-order chi connectivity index (χ1) is 8.94. The molecule has 0 bridgehead atoms. The number of aryl methyl sites for hydroxylation is 1. The van der Waals surface area contributed by atoms with Gasteiger partial charge >= 0.3 is 12.7 Å². The standard InChI is InChI=1S/C11H13BFO6/c13-5-6-18-8-2-1-7-3-4-12(16,17)19-10(7)9(8)11(14)15/h1-2,16-17H,3-6H2,(H,14,15)/q-1. The number of fused-ring (bicyclic) bond motifs is 1. The molecule has 3 N–H and O–H groups in total. The summed E-state index contributed by atoms with van der Waals surface area (Å²) in [6, 6.07) is 2.98. The highest BCUT2D eigenvalue weighted by Gasteiger charge is 2.32. The first kappa shape index (κ1) is 13.6. The smallest absolute Gasteiger partial charge is 0.430 e. The number of carboxylic acid groups (broad SMARTS) is 1. The third kappa shape index (κ3) is 2.79. The van der Waals surface area contributed by atoms with Gasteiger partial charge in [0.25, 0.3) is 0 Å². The molecule has 0 saturated carbocycles. The fourth-order valence-corrected chi connectivity index (χ4v) is 2.00. The average Bonchev–Trinajstić information content (AvgIpc) is 2.33. The molecule has 1 heterocycles. The maximum Gasteiger partial charge on any atom is 0.430 e. The summed E-state index contributed by atoms with van der Waals surface area (Å²) in [5.74, 6) is -1.52. The van der Waals surface area contributed by atoms with Crippen molar-refractivity contribution >= 4 is 12.7 Å². The minimum absolute atomic E-state index is 0.00323. The van der Waals surface area contributed by atoms with Crippen LogP contribution in [0.25, 0.3) is 0 Å². The number of carbonyl (C=O) groups is 1. The van der Waals surface area contributed by atoms with E-state index < -0.39 is 19.4 Å². The summed E-state index contributed by atoms with van der Waals surface area (Å²) in [5, 5.41) is 28.2. The Hall–Kier alpha value is -1.80. The van der Waals surface area contributed by atoms with Crippen LogP contribution in [0.4, 0.5) is 4.39 Å². The van der Waals surface area contributed by atoms with Gasteiger partial charge in [-0.25, -0.2) is 9.18 Å². The topological polar surface area (TPSA) is 96.2 Å². The molecular weight excluding hydrogens is 258 g/mol. The lowest BCUT2D eigenvalue weighted by Crippen LogP contribution is -2.45. The van der Waals surface area contributed by atoms with E-state index in [0.717, 1.165) is 0 Å². The van der Waals surface area contributed by atoms with Crippen LogP contribution in [0.2, 0.25) is 6.32 Å². The number of ether oxygens (including phenoxy) is 1. The Balaban J connectivity index is 2.47. The Bertz CT molecular complexity index is 504. The first-order valence-corrected chi connectivity index (χ1v) is 5.82. The molecule has 0 fully saturated rings. The Morgan fingerprint density at radius 2 is 2.21 bits per heavy atom. The van der Waals surface area contributed by atoms with Crippen LogP contribution in [-0.2, 0) is 6.42 Å². The molecule has 1 aliphatic heterocycles. The highest BCUT2D eigenvalue weighted by atomic mass is 19.1. The van der Waals surface area contributed by atoms with Crippen molar-refractivity contribution in [3.63, 3.8) is 0 Å². The van der Waals surface area contributed by atoms with Gasteiger partial charge in [-0.2, -0.15) is 0 Å². The fraction of sp³-hybridized carbons (Fsp3) is 0.364. The van der Waals surface area contributed by atoms with Crippen LogP contribution in [0.1, 0.15) is 15.9 Å². The summed E-state index contributed by atoms with van der Waals surface area (Å²) >= 11 is 0. The van der Waals surface area contributed by atoms with Gasteiger partial charge in [0.2, 0.25) is 0 Å². The maximum absolute atomic E-state index is 12.1. The van der Waals surface area contributed by atoms with Crippen LogP contribution in [0.15, 0.2) is 12.1 Å². The van der Waals surface area contributed by atoms with E-state index in [1.807, 2.05) is 0 Å². The van der Waals surface area contributed by atoms with E-state index in [1.165, 1.54) is 6.07 Å². The number of hydrogen-bond donors (Lipinski definition) is 3. The summed E-state index contributed by atoms with van der Waals surface area (Å²) < 4.78 is 22.0. The lowest BCUT2D eigenvalue weighted by molar-refractivity contribution is 0.0688. The van der Waals surface area contributed by atoms with E-state index in [0.29, 0.717) is 5.56 Å². The fourth-order valence-electron chi connectivity index (χ4n) is 2.00. The van der Waals surface area contributed by atoms with Crippen LogP contribution in [0.3, 0.4) is 0 Å². The molecule has 6 nitrogen and oxygen atoms in total. The van der Waals surface area contributed by atoms with E-state index in [-0.39, 0.29) is 36.4 Å². The number of halogens is 1. The van der Waals surface area contributed by atoms with Crippen molar-refractivity contribution in [2.45, 2.75) is 12.7 Å². The van der Waals surface area contributed by atoms with Gasteiger partial charge in [0, 0.05) is 0 Å². The van der Waals surface area contributed by atoms with Gasteiger partial charge in [0.1, 0.15) is 24.6 Å². The monoisotopic (exact) mass is 271 g/mol. The molecule has 0 aliphatic carbocycles. The SMILES string of the molecule is O=C(O)c1c(OCCF)ccc2c1O[B-](O)(O)CC2. The van der Waals surface area contributed by atoms with Crippen LogP contribution in [0.5, 0.6) is 11.5 Å². The van der Waals surface area contributed by atoms with Crippen LogP contribution < -0.4 is 9.39 Å². The summed E-state index contributed by atoms with van der Waals surface area (Å²) in [6.07, 6.45) is 0.281. The minimum atomic E-state index is -3.06. The Morgan fingerprint density at radius 3 is 2.84 bits per heavy atom. The lowest BCUT2D eigenvalue weighted by atomic mass is 9.70. The van der Waals surface area contributed by atoms with Crippen molar-refractivity contribution in [2.75, 3.05) is 13.3 Å². The highest BCUT2D eigenvalue weighted by Crippen LogP contribution is 2.38. The van der Waals surface area contributed by atoms with Crippen molar-refractivity contribution in [1.29, 1.82) is 0 Å². The van der Waals surface area contributed by atoms with Crippen molar-refractivity contribution in [2.24, 2.45) is 0 Å². The lowest BCUT2D eigenvalue weighted by Gasteiger charge is -2.37. The van der Waals surface area contributed by atoms with Gasteiger partial charge in [-0.05, 0) is 18.1 Å². The molecule has 0 saturated heterocycles. The van der Waals surface area contributed by atoms with Crippen molar-refractivity contribution in [3.05, 3.63) is 23.3 Å². The van der Waals surface area contributed by atoms with E-state index >= 15 is 0 Å². The third-order valence-corrected chi connectivity index (χ3v) is 2.85. The maximum atomic E-state index is 12.1. The molecule has 1 aromatic carbocycles. The highest BCUT2D eigenvalue weighted by molar-refractivity contribution is 6.59. The second-order valence-electron chi connectivity index (χ2n) is 4.28. The number of hydrogen-bond acceptors (Lipinski definition) is 5. The second kappa shape index (κ2) is 5.06. The number of benzene rings is 1. The van der Waals surface area contributed by atoms with Crippen LogP contribution in [0, 0.1) is 0 Å². The molecule has 2 rings (SSSR count). The third-order valence-electron chi connectivity index (χ3n) is 2.85. The summed E-state index contributed by atoms with van der Waals surface area (Å²) in [5.41, 5.74) is 0.227. The van der Waals surface area contributed by atoms with Crippen LogP contribution in [-0.4, -0.2) is 41.2 Å². The summed E-state index contributed by atoms with van der Waals surface area (Å²) in [6.45, 7) is -4.11. The normalized spacial score (nSPS) is 16.4. The average molecular weight is 271 g/mol. The molecule has 19 heavy (non-hydrogen) atoms. The summed E-state index contributed by atoms with van der Waals surface area (Å²) in [7, 11) is 0. The number of rotatable bonds is 4. The molecular formula is C11H13BFO6-. The molecule has 8 heteroatoms. The molecule has 0 unspecified atom stereocenters. The molecule has 0 aromatic heterocycles. The molecule has 0 amide bonds.